The summed E-state index contributed by atoms with van der Waals surface area (Å²) in [6.45, 7) is 2.52. The number of halogens is 1. The summed E-state index contributed by atoms with van der Waals surface area (Å²) in [6.07, 6.45) is 1.75. The van der Waals surface area contributed by atoms with Gasteiger partial charge in [0, 0.05) is 12.6 Å². The zero-order valence-corrected chi connectivity index (χ0v) is 17.4. The summed E-state index contributed by atoms with van der Waals surface area (Å²) >= 11 is 5.97. The number of nitrogens with one attached hydrogen (secondary N) is 1. The summed E-state index contributed by atoms with van der Waals surface area (Å²) in [6, 6.07) is 11.5. The van der Waals surface area contributed by atoms with Gasteiger partial charge in [0.15, 0.2) is 5.65 Å². The number of nitro groups is 1. The van der Waals surface area contributed by atoms with E-state index in [2.05, 4.69) is 15.3 Å². The van der Waals surface area contributed by atoms with E-state index in [1.54, 1.807) is 18.2 Å². The van der Waals surface area contributed by atoms with Crippen molar-refractivity contribution in [3.8, 4) is 5.69 Å². The van der Waals surface area contributed by atoms with Gasteiger partial charge in [-0.05, 0) is 30.7 Å². The van der Waals surface area contributed by atoms with Crippen LogP contribution in [0.5, 0.6) is 0 Å². The Bertz CT molecular complexity index is 1330. The van der Waals surface area contributed by atoms with E-state index in [1.807, 2.05) is 19.1 Å². The van der Waals surface area contributed by atoms with Crippen molar-refractivity contribution < 1.29 is 9.72 Å². The van der Waals surface area contributed by atoms with Crippen LogP contribution in [0.25, 0.3) is 27.9 Å². The second-order valence-electron chi connectivity index (χ2n) is 6.98. The number of nitro benzene ring substituents is 1. The molecule has 9 nitrogen and oxygen atoms in total. The summed E-state index contributed by atoms with van der Waals surface area (Å²) in [5.74, 6) is -0.279. The van der Waals surface area contributed by atoms with Crippen molar-refractivity contribution in [3.63, 3.8) is 0 Å². The molecule has 0 saturated carbocycles. The standard InChI is InChI=1S/C21H19ClN6O3/c1-2-3-10-24-21(29)17-18-20(26-15-7-5-4-6-14(15)25-18)27(19(17)23)12-8-9-13(22)16(11-12)28(30)31/h4-9,11H,2-3,10,23H2,1H3,(H,24,29). The second kappa shape index (κ2) is 8.19. The maximum atomic E-state index is 13.0. The number of carbonyl (C=O) groups excluding carboxylic acids is 1. The van der Waals surface area contributed by atoms with Crippen molar-refractivity contribution in [3.05, 3.63) is 63.2 Å². The van der Waals surface area contributed by atoms with Crippen LogP contribution in [0, 0.1) is 10.1 Å². The molecule has 0 aliphatic rings. The molecule has 31 heavy (non-hydrogen) atoms. The Balaban J connectivity index is 2.00. The van der Waals surface area contributed by atoms with Gasteiger partial charge in [0.2, 0.25) is 0 Å². The number of carbonyl (C=O) groups is 1. The molecule has 10 heteroatoms. The number of hydrogen-bond donors (Lipinski definition) is 2. The number of benzene rings is 2. The lowest BCUT2D eigenvalue weighted by atomic mass is 10.2. The number of anilines is 1. The highest BCUT2D eigenvalue weighted by atomic mass is 35.5. The summed E-state index contributed by atoms with van der Waals surface area (Å²) in [4.78, 5) is 33.0. The van der Waals surface area contributed by atoms with Gasteiger partial charge in [-0.1, -0.05) is 37.1 Å². The summed E-state index contributed by atoms with van der Waals surface area (Å²) < 4.78 is 1.49. The zero-order valence-electron chi connectivity index (χ0n) is 16.6. The Kier molecular flexibility index (Phi) is 5.43. The fraction of sp³-hybridized carbons (Fsp3) is 0.190. The molecule has 0 radical (unpaired) electrons. The van der Waals surface area contributed by atoms with Crippen LogP contribution in [0.4, 0.5) is 11.5 Å². The van der Waals surface area contributed by atoms with E-state index < -0.39 is 4.92 Å². The van der Waals surface area contributed by atoms with Gasteiger partial charge in [0.1, 0.15) is 21.9 Å². The molecule has 3 N–H and O–H groups in total. The second-order valence-corrected chi connectivity index (χ2v) is 7.39. The number of unbranched alkanes of at least 4 members (excludes halogenated alkanes) is 1. The zero-order chi connectivity index (χ0) is 22.1. The molecule has 0 unspecified atom stereocenters. The Morgan fingerprint density at radius 2 is 1.94 bits per heavy atom. The molecule has 0 aliphatic heterocycles. The van der Waals surface area contributed by atoms with Crippen molar-refractivity contribution in [1.82, 2.24) is 19.9 Å². The average Bonchev–Trinajstić information content (AvgIpc) is 3.03. The van der Waals surface area contributed by atoms with E-state index in [1.165, 1.54) is 16.7 Å². The quantitative estimate of drug-likeness (QED) is 0.263. The van der Waals surface area contributed by atoms with E-state index in [0.717, 1.165) is 12.8 Å². The van der Waals surface area contributed by atoms with Gasteiger partial charge in [-0.15, -0.1) is 0 Å². The fourth-order valence-corrected chi connectivity index (χ4v) is 3.58. The van der Waals surface area contributed by atoms with Gasteiger partial charge in [-0.25, -0.2) is 9.97 Å². The molecule has 0 bridgehead atoms. The summed E-state index contributed by atoms with van der Waals surface area (Å²) in [7, 11) is 0. The molecule has 158 valence electrons. The molecule has 0 fully saturated rings. The highest BCUT2D eigenvalue weighted by Crippen LogP contribution is 2.34. The molecule has 0 saturated heterocycles. The van der Waals surface area contributed by atoms with Crippen LogP contribution in [0.15, 0.2) is 42.5 Å². The number of nitrogens with two attached hydrogens (primary N) is 1. The molecule has 2 aromatic heterocycles. The van der Waals surface area contributed by atoms with Crippen molar-refractivity contribution in [2.45, 2.75) is 19.8 Å². The van der Waals surface area contributed by atoms with Crippen LogP contribution in [0.1, 0.15) is 30.1 Å². The first-order valence-corrected chi connectivity index (χ1v) is 10.1. The fourth-order valence-electron chi connectivity index (χ4n) is 3.39. The number of nitrogen functional groups attached to an aromatic ring is 1. The predicted molar refractivity (Wildman–Crippen MR) is 120 cm³/mol. The molecule has 0 atom stereocenters. The van der Waals surface area contributed by atoms with Crippen molar-refractivity contribution in [1.29, 1.82) is 0 Å². The van der Waals surface area contributed by atoms with Crippen LogP contribution >= 0.6 is 11.6 Å². The first-order chi connectivity index (χ1) is 14.9. The third kappa shape index (κ3) is 3.64. The van der Waals surface area contributed by atoms with E-state index >= 15 is 0 Å². The Morgan fingerprint density at radius 1 is 1.23 bits per heavy atom. The Labute approximate surface area is 182 Å². The normalized spacial score (nSPS) is 11.2. The molecule has 4 aromatic rings. The number of fused-ring (bicyclic) bond motifs is 2. The highest BCUT2D eigenvalue weighted by Gasteiger charge is 2.26. The van der Waals surface area contributed by atoms with E-state index in [0.29, 0.717) is 34.4 Å². The van der Waals surface area contributed by atoms with Crippen LogP contribution in [0.2, 0.25) is 5.02 Å². The Hall–Kier alpha value is -3.72. The van der Waals surface area contributed by atoms with Gasteiger partial charge in [0.25, 0.3) is 11.6 Å². The number of para-hydroxylation sites is 2. The molecule has 1 amide bonds. The lowest BCUT2D eigenvalue weighted by molar-refractivity contribution is -0.384. The van der Waals surface area contributed by atoms with Gasteiger partial charge >= 0.3 is 0 Å². The number of aromatic nitrogens is 3. The molecule has 0 spiro atoms. The van der Waals surface area contributed by atoms with Gasteiger partial charge < -0.3 is 11.1 Å². The molecule has 2 heterocycles. The van der Waals surface area contributed by atoms with Gasteiger partial charge in [-0.3, -0.25) is 19.5 Å². The van der Waals surface area contributed by atoms with Crippen molar-refractivity contribution in [2.24, 2.45) is 0 Å². The van der Waals surface area contributed by atoms with Crippen molar-refractivity contribution in [2.75, 3.05) is 12.3 Å². The monoisotopic (exact) mass is 438 g/mol. The lowest BCUT2D eigenvalue weighted by Gasteiger charge is -2.09. The van der Waals surface area contributed by atoms with E-state index in [-0.39, 0.29) is 28.0 Å². The smallest absolute Gasteiger partial charge is 0.289 e. The minimum absolute atomic E-state index is 0.00199. The van der Waals surface area contributed by atoms with E-state index in [9.17, 15) is 14.9 Å². The maximum absolute atomic E-state index is 13.0. The van der Waals surface area contributed by atoms with Crippen LogP contribution in [0.3, 0.4) is 0 Å². The molecule has 0 aliphatic carbocycles. The van der Waals surface area contributed by atoms with Crippen LogP contribution in [-0.2, 0) is 0 Å². The third-order valence-corrected chi connectivity index (χ3v) is 5.24. The maximum Gasteiger partial charge on any atom is 0.289 e. The molecular formula is C21H19ClN6O3. The lowest BCUT2D eigenvalue weighted by Crippen LogP contribution is -2.25. The average molecular weight is 439 g/mol. The third-order valence-electron chi connectivity index (χ3n) is 4.93. The first kappa shape index (κ1) is 20.5. The number of hydrogen-bond acceptors (Lipinski definition) is 6. The highest BCUT2D eigenvalue weighted by molar-refractivity contribution is 6.32. The SMILES string of the molecule is CCCCNC(=O)c1c(N)n(-c2ccc(Cl)c([N+](=O)[O-])c2)c2nc3ccccc3nc12. The van der Waals surface area contributed by atoms with Gasteiger partial charge in [0.05, 0.1) is 21.6 Å². The van der Waals surface area contributed by atoms with Crippen molar-refractivity contribution >= 4 is 51.2 Å². The first-order valence-electron chi connectivity index (χ1n) is 9.71. The number of amides is 1. The minimum atomic E-state index is -0.576. The molecule has 4 rings (SSSR count). The number of nitrogens with zero attached hydrogens (tertiary/aromatic N) is 4. The minimum Gasteiger partial charge on any atom is -0.384 e. The largest absolute Gasteiger partial charge is 0.384 e. The van der Waals surface area contributed by atoms with E-state index in [4.69, 9.17) is 17.3 Å². The Morgan fingerprint density at radius 3 is 2.61 bits per heavy atom. The van der Waals surface area contributed by atoms with Crippen LogP contribution < -0.4 is 11.1 Å². The predicted octanol–water partition coefficient (Wildman–Crippen LogP) is 4.25. The molecular weight excluding hydrogens is 420 g/mol. The molecule has 2 aromatic carbocycles. The summed E-state index contributed by atoms with van der Waals surface area (Å²) in [5, 5.41) is 14.2. The van der Waals surface area contributed by atoms with Crippen LogP contribution in [-0.4, -0.2) is 31.9 Å². The van der Waals surface area contributed by atoms with Gasteiger partial charge in [-0.2, -0.15) is 0 Å². The topological polar surface area (TPSA) is 129 Å². The summed E-state index contributed by atoms with van der Waals surface area (Å²) in [5.41, 5.74) is 8.53. The number of rotatable bonds is 6.